The van der Waals surface area contributed by atoms with Gasteiger partial charge in [0.25, 0.3) is 0 Å². The van der Waals surface area contributed by atoms with Crippen molar-refractivity contribution in [2.24, 2.45) is 5.92 Å². The van der Waals surface area contributed by atoms with E-state index in [1.807, 2.05) is 0 Å². The minimum Gasteiger partial charge on any atom is -0.449 e. The van der Waals surface area contributed by atoms with Gasteiger partial charge in [0, 0.05) is 6.54 Å². The van der Waals surface area contributed by atoms with Gasteiger partial charge in [-0.25, -0.2) is 4.79 Å². The fraction of sp³-hybridized carbons (Fsp3) is 0.900. The number of aliphatic hydroxyl groups excluding tert-OH is 1. The number of cyclic esters (lactones) is 1. The smallest absolute Gasteiger partial charge is 0.410 e. The van der Waals surface area contributed by atoms with Gasteiger partial charge in [-0.1, -0.05) is 13.8 Å². The van der Waals surface area contributed by atoms with Crippen LogP contribution in [0.15, 0.2) is 0 Å². The van der Waals surface area contributed by atoms with Crippen LogP contribution in [-0.2, 0) is 4.74 Å². The lowest BCUT2D eigenvalue weighted by atomic mass is 10.0. The van der Waals surface area contributed by atoms with Crippen molar-refractivity contribution in [3.05, 3.63) is 0 Å². The number of carbonyl (C=O) groups excluding carboxylic acids is 1. The maximum atomic E-state index is 11.4. The van der Waals surface area contributed by atoms with Crippen LogP contribution in [0.4, 0.5) is 4.79 Å². The predicted octanol–water partition coefficient (Wildman–Crippen LogP) is 1.24. The highest BCUT2D eigenvalue weighted by Crippen LogP contribution is 2.15. The molecule has 0 aromatic heterocycles. The Morgan fingerprint density at radius 1 is 1.57 bits per heavy atom. The van der Waals surface area contributed by atoms with Gasteiger partial charge in [0.15, 0.2) is 0 Å². The van der Waals surface area contributed by atoms with Crippen molar-refractivity contribution in [1.29, 1.82) is 0 Å². The Hall–Kier alpha value is -0.770. The topological polar surface area (TPSA) is 49.8 Å². The molecule has 1 unspecified atom stereocenters. The molecular weight excluding hydrogens is 182 g/mol. The molecule has 1 saturated heterocycles. The van der Waals surface area contributed by atoms with Crippen molar-refractivity contribution >= 4 is 6.09 Å². The van der Waals surface area contributed by atoms with Crippen LogP contribution in [0.25, 0.3) is 0 Å². The number of rotatable bonds is 4. The van der Waals surface area contributed by atoms with Gasteiger partial charge in [-0.15, -0.1) is 0 Å². The zero-order chi connectivity index (χ0) is 10.6. The number of ether oxygens (including phenoxy) is 1. The summed E-state index contributed by atoms with van der Waals surface area (Å²) in [5.74, 6) is 0.474. The molecule has 1 aliphatic rings. The molecule has 1 amide bonds. The van der Waals surface area contributed by atoms with Gasteiger partial charge >= 0.3 is 6.09 Å². The Morgan fingerprint density at radius 3 is 2.79 bits per heavy atom. The summed E-state index contributed by atoms with van der Waals surface area (Å²) in [6.07, 6.45) is 1.40. The van der Waals surface area contributed by atoms with Crippen molar-refractivity contribution < 1.29 is 14.6 Å². The number of carbonyl (C=O) groups is 1. The largest absolute Gasteiger partial charge is 0.449 e. The van der Waals surface area contributed by atoms with Gasteiger partial charge in [0.05, 0.1) is 19.3 Å². The van der Waals surface area contributed by atoms with E-state index >= 15 is 0 Å². The van der Waals surface area contributed by atoms with E-state index in [-0.39, 0.29) is 18.7 Å². The normalized spacial score (nSPS) is 19.7. The summed E-state index contributed by atoms with van der Waals surface area (Å²) in [6, 6.07) is -0.0807. The van der Waals surface area contributed by atoms with Gasteiger partial charge in [-0.3, -0.25) is 0 Å². The first-order valence-corrected chi connectivity index (χ1v) is 5.19. The Balaban J connectivity index is 2.53. The highest BCUT2D eigenvalue weighted by atomic mass is 16.6. The Morgan fingerprint density at radius 2 is 2.29 bits per heavy atom. The average molecular weight is 201 g/mol. The molecule has 4 heteroatoms. The number of amides is 1. The molecule has 0 aliphatic carbocycles. The fourth-order valence-corrected chi connectivity index (χ4v) is 1.74. The van der Waals surface area contributed by atoms with Crippen LogP contribution in [0.2, 0.25) is 0 Å². The molecule has 4 nitrogen and oxygen atoms in total. The lowest BCUT2D eigenvalue weighted by Crippen LogP contribution is -2.47. The molecule has 1 heterocycles. The molecule has 1 N–H and O–H groups in total. The lowest BCUT2D eigenvalue weighted by molar-refractivity contribution is 0.0352. The van der Waals surface area contributed by atoms with E-state index in [0.717, 1.165) is 12.8 Å². The zero-order valence-corrected chi connectivity index (χ0v) is 8.90. The van der Waals surface area contributed by atoms with E-state index in [1.165, 1.54) is 0 Å². The summed E-state index contributed by atoms with van der Waals surface area (Å²) in [7, 11) is 0. The molecule has 1 rings (SSSR count). The van der Waals surface area contributed by atoms with E-state index in [0.29, 0.717) is 19.1 Å². The van der Waals surface area contributed by atoms with Crippen molar-refractivity contribution in [2.45, 2.75) is 32.7 Å². The first kappa shape index (κ1) is 11.3. The number of aliphatic hydroxyl groups is 1. The molecule has 0 radical (unpaired) electrons. The maximum absolute atomic E-state index is 11.4. The third-order valence-corrected chi connectivity index (χ3v) is 2.40. The van der Waals surface area contributed by atoms with Crippen LogP contribution in [0, 0.1) is 5.92 Å². The summed E-state index contributed by atoms with van der Waals surface area (Å²) in [6.45, 7) is 5.40. The molecule has 0 spiro atoms. The minimum atomic E-state index is -0.282. The van der Waals surface area contributed by atoms with Gasteiger partial charge in [0.2, 0.25) is 0 Å². The molecule has 1 aliphatic heterocycles. The summed E-state index contributed by atoms with van der Waals surface area (Å²) in [5.41, 5.74) is 0. The predicted molar refractivity (Wildman–Crippen MR) is 53.0 cm³/mol. The first-order chi connectivity index (χ1) is 6.65. The van der Waals surface area contributed by atoms with Crippen LogP contribution in [-0.4, -0.2) is 41.9 Å². The maximum Gasteiger partial charge on any atom is 0.410 e. The van der Waals surface area contributed by atoms with Crippen LogP contribution < -0.4 is 0 Å². The SMILES string of the molecule is CC(C)CC(CO)N1CCCOC1=O. The Bertz CT molecular complexity index is 194. The first-order valence-electron chi connectivity index (χ1n) is 5.19. The molecule has 82 valence electrons. The van der Waals surface area contributed by atoms with Gasteiger partial charge in [0.1, 0.15) is 0 Å². The van der Waals surface area contributed by atoms with E-state index < -0.39 is 0 Å². The second-order valence-electron chi connectivity index (χ2n) is 4.13. The summed E-state index contributed by atoms with van der Waals surface area (Å²) < 4.78 is 4.93. The number of nitrogens with zero attached hydrogens (tertiary/aromatic N) is 1. The van der Waals surface area contributed by atoms with E-state index in [4.69, 9.17) is 4.74 Å². The van der Waals surface area contributed by atoms with E-state index in [1.54, 1.807) is 4.90 Å². The third kappa shape index (κ3) is 2.87. The van der Waals surface area contributed by atoms with Gasteiger partial charge in [-0.2, -0.15) is 0 Å². The van der Waals surface area contributed by atoms with Crippen molar-refractivity contribution in [1.82, 2.24) is 4.90 Å². The monoisotopic (exact) mass is 201 g/mol. The summed E-state index contributed by atoms with van der Waals surface area (Å²) >= 11 is 0. The quantitative estimate of drug-likeness (QED) is 0.744. The Kier molecular flexibility index (Phi) is 4.20. The van der Waals surface area contributed by atoms with Crippen LogP contribution in [0.1, 0.15) is 26.7 Å². The standard InChI is InChI=1S/C10H19NO3/c1-8(2)6-9(7-12)11-4-3-5-14-10(11)13/h8-9,12H,3-7H2,1-2H3. The minimum absolute atomic E-state index is 0.0211. The van der Waals surface area contributed by atoms with Crippen LogP contribution in [0.5, 0.6) is 0 Å². The van der Waals surface area contributed by atoms with Crippen LogP contribution >= 0.6 is 0 Å². The molecule has 1 fully saturated rings. The van der Waals surface area contributed by atoms with E-state index in [9.17, 15) is 9.90 Å². The number of hydrogen-bond acceptors (Lipinski definition) is 3. The van der Waals surface area contributed by atoms with Crippen molar-refractivity contribution in [3.8, 4) is 0 Å². The molecule has 0 aromatic carbocycles. The molecule has 0 bridgehead atoms. The molecule has 14 heavy (non-hydrogen) atoms. The second-order valence-corrected chi connectivity index (χ2v) is 4.13. The highest BCUT2D eigenvalue weighted by molar-refractivity contribution is 5.68. The lowest BCUT2D eigenvalue weighted by Gasteiger charge is -2.33. The fourth-order valence-electron chi connectivity index (χ4n) is 1.74. The number of hydrogen-bond donors (Lipinski definition) is 1. The molecular formula is C10H19NO3. The molecule has 1 atom stereocenters. The van der Waals surface area contributed by atoms with Crippen molar-refractivity contribution in [2.75, 3.05) is 19.8 Å². The second kappa shape index (κ2) is 5.20. The average Bonchev–Trinajstić information content (AvgIpc) is 2.15. The highest BCUT2D eigenvalue weighted by Gasteiger charge is 2.27. The molecule has 0 aromatic rings. The van der Waals surface area contributed by atoms with Gasteiger partial charge < -0.3 is 14.7 Å². The van der Waals surface area contributed by atoms with Gasteiger partial charge in [-0.05, 0) is 18.8 Å². The molecule has 0 saturated carbocycles. The Labute approximate surface area is 84.8 Å². The summed E-state index contributed by atoms with van der Waals surface area (Å²) in [5, 5.41) is 9.20. The summed E-state index contributed by atoms with van der Waals surface area (Å²) in [4.78, 5) is 13.0. The zero-order valence-electron chi connectivity index (χ0n) is 8.90. The third-order valence-electron chi connectivity index (χ3n) is 2.40. The van der Waals surface area contributed by atoms with Crippen LogP contribution in [0.3, 0.4) is 0 Å². The van der Waals surface area contributed by atoms with Crippen molar-refractivity contribution in [3.63, 3.8) is 0 Å². The van der Waals surface area contributed by atoms with E-state index in [2.05, 4.69) is 13.8 Å².